The van der Waals surface area contributed by atoms with E-state index in [9.17, 15) is 10.1 Å². The number of anilines is 1. The van der Waals surface area contributed by atoms with Gasteiger partial charge in [0.05, 0.1) is 28.8 Å². The number of nitro benzene ring substituents is 1. The third-order valence-electron chi connectivity index (χ3n) is 4.21. The van der Waals surface area contributed by atoms with Gasteiger partial charge in [0.15, 0.2) is 0 Å². The molecule has 156 valence electrons. The molecular formula is C17H29N2O7RfSi-. The third-order valence-corrected chi connectivity index (χ3v) is 7.04. The van der Waals surface area contributed by atoms with Gasteiger partial charge < -0.3 is 27.7 Å². The number of ether oxygens (including phenoxy) is 2. The fourth-order valence-corrected chi connectivity index (χ4v) is 4.43. The Labute approximate surface area is 161 Å². The number of benzene rings is 1. The predicted molar refractivity (Wildman–Crippen MR) is 104 cm³/mol. The Morgan fingerprint density at radius 3 is 2.21 bits per heavy atom. The van der Waals surface area contributed by atoms with Gasteiger partial charge in [-0.1, -0.05) is 0 Å². The first-order valence-corrected chi connectivity index (χ1v) is 10.4. The fourth-order valence-electron chi connectivity index (χ4n) is 2.64. The molecule has 11 heteroatoms. The molecule has 0 unspecified atom stereocenters. The van der Waals surface area contributed by atoms with Gasteiger partial charge in [-0.25, -0.2) is 0 Å². The summed E-state index contributed by atoms with van der Waals surface area (Å²) in [6, 6.07) is 3.74. The van der Waals surface area contributed by atoms with Crippen LogP contribution in [0, 0.1) is 17.2 Å². The zero-order chi connectivity index (χ0) is 20.4. The van der Waals surface area contributed by atoms with Crippen LogP contribution < -0.4 is 9.64 Å². The maximum atomic E-state index is 11.3. The molecule has 0 aliphatic heterocycles. The summed E-state index contributed by atoms with van der Waals surface area (Å²) in [5.74, 6) is 0.343. The van der Waals surface area contributed by atoms with Crippen molar-refractivity contribution in [3.8, 4) is 5.75 Å². The van der Waals surface area contributed by atoms with Crippen molar-refractivity contribution in [1.29, 1.82) is 0 Å². The number of hydrogen-bond donors (Lipinski definition) is 0. The Morgan fingerprint density at radius 1 is 1.14 bits per heavy atom. The van der Waals surface area contributed by atoms with E-state index >= 15 is 0 Å². The third kappa shape index (κ3) is 6.46. The second-order valence-electron chi connectivity index (χ2n) is 6.05. The summed E-state index contributed by atoms with van der Waals surface area (Å²) in [5.41, 5.74) is 1.13. The monoisotopic (exact) mass is 668 g/mol. The van der Waals surface area contributed by atoms with Crippen LogP contribution in [-0.2, 0) is 24.6 Å². The molecule has 0 saturated carbocycles. The van der Waals surface area contributed by atoms with E-state index in [1.807, 2.05) is 14.1 Å². The SMILES string of the molecule is [CH2-]Oc1cc([N+](=O)[O-])c(COCCCC[Si](OC)(OC)OC)cc1N(C)C.[Rf]. The molecule has 1 aromatic rings. The first kappa shape index (κ1) is 25.3. The van der Waals surface area contributed by atoms with E-state index in [-0.39, 0.29) is 12.3 Å². The van der Waals surface area contributed by atoms with Crippen LogP contribution in [0.3, 0.4) is 0 Å². The molecule has 0 spiro atoms. The number of hydrogen-bond acceptors (Lipinski definition) is 8. The summed E-state index contributed by atoms with van der Waals surface area (Å²) in [7, 11) is 9.18. The Hall–Kier alpha value is -2.72. The summed E-state index contributed by atoms with van der Waals surface area (Å²) < 4.78 is 26.8. The van der Waals surface area contributed by atoms with Crippen molar-refractivity contribution in [2.24, 2.45) is 0 Å². The largest absolute Gasteiger partial charge is 0.664 e. The molecule has 0 amide bonds. The molecule has 0 fully saturated rings. The van der Waals surface area contributed by atoms with Crippen molar-refractivity contribution >= 4 is 20.2 Å². The molecule has 0 radical (unpaired) electrons. The molecule has 0 aliphatic rings. The van der Waals surface area contributed by atoms with E-state index < -0.39 is 13.7 Å². The quantitative estimate of drug-likeness (QED) is 0.104. The first-order chi connectivity index (χ1) is 12.8. The first-order valence-electron chi connectivity index (χ1n) is 8.48. The Kier molecular flexibility index (Phi) is 10.7. The van der Waals surface area contributed by atoms with Crippen molar-refractivity contribution < 1.29 is 27.7 Å². The summed E-state index contributed by atoms with van der Waals surface area (Å²) in [6.07, 6.45) is 1.57. The van der Waals surface area contributed by atoms with Crippen molar-refractivity contribution in [1.82, 2.24) is 0 Å². The molecule has 0 aromatic heterocycles. The average Bonchev–Trinajstić information content (AvgIpc) is 2.67. The Bertz CT molecular complexity index is 607. The second kappa shape index (κ2) is 11.9. The summed E-state index contributed by atoms with van der Waals surface area (Å²) in [5, 5.41) is 11.3. The van der Waals surface area contributed by atoms with E-state index in [4.69, 9.17) is 22.8 Å². The van der Waals surface area contributed by atoms with Crippen molar-refractivity contribution in [2.45, 2.75) is 25.5 Å². The van der Waals surface area contributed by atoms with E-state index in [0.29, 0.717) is 29.7 Å². The smallest absolute Gasteiger partial charge is 0.500 e. The standard InChI is InChI=1S/C17H29N2O7Si.Rf/c1-18(2)16-11-14(15(19(20)21)12-17(16)22-3)13-26-9-7-8-10-27(23-4,24-5)25-6;/h11-12H,3,7-10,13H2,1-2,4-6H3;/q-1;. The van der Waals surface area contributed by atoms with Gasteiger partial charge in [-0.15, -0.1) is 0 Å². The van der Waals surface area contributed by atoms with Gasteiger partial charge >= 0.3 is 8.80 Å². The minimum Gasteiger partial charge on any atom is -0.664 e. The summed E-state index contributed by atoms with van der Waals surface area (Å²) >= 11 is 0. The van der Waals surface area contributed by atoms with E-state index in [0.717, 1.165) is 12.8 Å². The van der Waals surface area contributed by atoms with Gasteiger partial charge in [0.1, 0.15) is 5.75 Å². The zero-order valence-corrected chi connectivity index (χ0v) is 24.8. The van der Waals surface area contributed by atoms with Crippen LogP contribution >= 0.6 is 0 Å². The molecule has 0 saturated heterocycles. The van der Waals surface area contributed by atoms with Crippen LogP contribution in [0.4, 0.5) is 11.4 Å². The summed E-state index contributed by atoms with van der Waals surface area (Å²) in [6.45, 7) is 0.597. The molecule has 0 bridgehead atoms. The molecular weight excluding hydrogens is 639 g/mol. The topological polar surface area (TPSA) is 92.5 Å². The average molecular weight is 669 g/mol. The van der Waals surface area contributed by atoms with E-state index in [1.54, 1.807) is 32.3 Å². The van der Waals surface area contributed by atoms with E-state index in [2.05, 4.69) is 7.11 Å². The minimum absolute atomic E-state index is 0. The van der Waals surface area contributed by atoms with Gasteiger partial charge in [0.25, 0.3) is 5.69 Å². The van der Waals surface area contributed by atoms with Crippen molar-refractivity contribution in [3.63, 3.8) is 0 Å². The number of nitro groups is 1. The fraction of sp³-hybridized carbons (Fsp3) is 0.588. The van der Waals surface area contributed by atoms with Crippen LogP contribution in [0.15, 0.2) is 12.1 Å². The second-order valence-corrected chi connectivity index (χ2v) is 9.14. The van der Waals surface area contributed by atoms with Gasteiger partial charge in [-0.2, -0.15) is 7.11 Å². The molecule has 0 heterocycles. The van der Waals surface area contributed by atoms with Gasteiger partial charge in [-0.05, 0) is 18.9 Å². The molecule has 1 rings (SSSR count). The molecule has 28 heavy (non-hydrogen) atoms. The maximum Gasteiger partial charge on any atom is 0.500 e. The maximum absolute atomic E-state index is 11.3. The van der Waals surface area contributed by atoms with Crippen LogP contribution in [-0.4, -0.2) is 55.8 Å². The van der Waals surface area contributed by atoms with Gasteiger partial charge in [0, 0.05) is 48.1 Å². The van der Waals surface area contributed by atoms with Crippen LogP contribution in [0.1, 0.15) is 18.4 Å². The molecule has 9 nitrogen and oxygen atoms in total. The molecule has 0 atom stereocenters. The van der Waals surface area contributed by atoms with E-state index in [1.165, 1.54) is 6.07 Å². The number of rotatable bonds is 13. The summed E-state index contributed by atoms with van der Waals surface area (Å²) in [4.78, 5) is 12.7. The van der Waals surface area contributed by atoms with Gasteiger partial charge in [-0.3, -0.25) is 10.1 Å². The van der Waals surface area contributed by atoms with Crippen LogP contribution in [0.5, 0.6) is 5.75 Å². The number of unbranched alkanes of at least 4 members (excludes halogenated alkanes) is 1. The van der Waals surface area contributed by atoms with Crippen molar-refractivity contribution in [2.75, 3.05) is 46.9 Å². The van der Waals surface area contributed by atoms with Gasteiger partial charge in [0.2, 0.25) is 0 Å². The number of nitrogens with zero attached hydrogens (tertiary/aromatic N) is 2. The Balaban J connectivity index is 0.00000729. The van der Waals surface area contributed by atoms with Crippen LogP contribution in [0.25, 0.3) is 0 Å². The molecule has 0 aliphatic carbocycles. The Morgan fingerprint density at radius 2 is 1.75 bits per heavy atom. The zero-order valence-electron chi connectivity index (χ0n) is 17.4. The van der Waals surface area contributed by atoms with Crippen molar-refractivity contribution in [3.05, 3.63) is 34.9 Å². The van der Waals surface area contributed by atoms with Crippen LogP contribution in [0.2, 0.25) is 6.04 Å². The molecule has 1 aromatic carbocycles. The predicted octanol–water partition coefficient (Wildman–Crippen LogP) is 3.01. The minimum atomic E-state index is -2.57. The molecule has 0 N–H and O–H groups in total. The normalized spacial score (nSPS) is 11.1.